The van der Waals surface area contributed by atoms with Crippen molar-refractivity contribution < 1.29 is 16.8 Å². The minimum Gasteiger partial charge on any atom is -0.223 e. The molecule has 0 spiro atoms. The molecule has 0 aliphatic heterocycles. The molecule has 7 rings (SSSR count). The quantitative estimate of drug-likeness (QED) is 0.660. The highest BCUT2D eigenvalue weighted by atomic mass is 32.2. The standard InChI is InChI=1S/C25H24O4S2/c26-30(27,18-7-3-1-4-8-18)22-20-14-21(23(22)31(28,29)19-9-5-2-6-10-19)25-15-24(20,25)16-11-12-17(25)13-16/h1-12,16-17,20-23H,13-15H2/t16-,17-,20-,21+,22-,23+,24-,25+/m0/s1. The Morgan fingerprint density at radius 1 is 0.613 bits per heavy atom. The summed E-state index contributed by atoms with van der Waals surface area (Å²) in [5, 5.41) is -1.73. The SMILES string of the molecule is O=S(=O)(c1ccccc1)[C@@H]1[C@H](S(=O)(=O)c2ccccc2)[C@H]2C[C@@H]1[C@@]13C[C@@]21[C@H]1C=C[C@H]3C1. The number of fused-ring (bicyclic) bond motifs is 4. The van der Waals surface area contributed by atoms with Crippen LogP contribution in [-0.4, -0.2) is 27.3 Å². The van der Waals surface area contributed by atoms with Crippen LogP contribution in [-0.2, 0) is 19.7 Å². The Morgan fingerprint density at radius 2 is 1.03 bits per heavy atom. The average Bonchev–Trinajstić information content (AvgIpc) is 3.16. The molecule has 4 fully saturated rings. The molecular formula is C25H24O4S2. The molecule has 160 valence electrons. The molecule has 4 saturated carbocycles. The number of rotatable bonds is 4. The third-order valence-corrected chi connectivity index (χ3v) is 14.2. The Hall–Kier alpha value is -1.92. The number of benzene rings is 2. The van der Waals surface area contributed by atoms with E-state index in [1.165, 1.54) is 0 Å². The molecule has 5 aliphatic rings. The van der Waals surface area contributed by atoms with Crippen LogP contribution in [0.3, 0.4) is 0 Å². The van der Waals surface area contributed by atoms with Crippen LogP contribution in [0, 0.1) is 34.5 Å². The smallest absolute Gasteiger partial charge is 0.182 e. The van der Waals surface area contributed by atoms with Gasteiger partial charge in [-0.3, -0.25) is 0 Å². The average molecular weight is 453 g/mol. The summed E-state index contributed by atoms with van der Waals surface area (Å²) in [5.41, 5.74) is 0.0125. The maximum atomic E-state index is 14.0. The maximum Gasteiger partial charge on any atom is 0.182 e. The van der Waals surface area contributed by atoms with Crippen LogP contribution in [0.15, 0.2) is 82.6 Å². The van der Waals surface area contributed by atoms with Gasteiger partial charge in [0, 0.05) is 0 Å². The first-order valence-corrected chi connectivity index (χ1v) is 14.2. The van der Waals surface area contributed by atoms with Crippen LogP contribution in [0.4, 0.5) is 0 Å². The van der Waals surface area contributed by atoms with E-state index in [1.807, 2.05) is 0 Å². The fourth-order valence-corrected chi connectivity index (χ4v) is 13.9. The first-order chi connectivity index (χ1) is 14.8. The zero-order valence-electron chi connectivity index (χ0n) is 17.0. The summed E-state index contributed by atoms with van der Waals surface area (Å²) in [5.74, 6) is 0.681. The van der Waals surface area contributed by atoms with Gasteiger partial charge in [-0.05, 0) is 78.0 Å². The molecule has 8 atom stereocenters. The molecule has 31 heavy (non-hydrogen) atoms. The van der Waals surface area contributed by atoms with E-state index in [9.17, 15) is 16.8 Å². The van der Waals surface area contributed by atoms with Crippen molar-refractivity contribution in [3.63, 3.8) is 0 Å². The molecule has 0 saturated heterocycles. The first kappa shape index (κ1) is 18.6. The lowest BCUT2D eigenvalue weighted by atomic mass is 9.73. The predicted molar refractivity (Wildman–Crippen MR) is 117 cm³/mol. The highest BCUT2D eigenvalue weighted by molar-refractivity contribution is 7.96. The van der Waals surface area contributed by atoms with E-state index in [0.29, 0.717) is 11.8 Å². The molecule has 0 unspecified atom stereocenters. The van der Waals surface area contributed by atoms with Crippen LogP contribution in [0.25, 0.3) is 0 Å². The van der Waals surface area contributed by atoms with Gasteiger partial charge in [-0.1, -0.05) is 48.6 Å². The second kappa shape index (κ2) is 5.52. The van der Waals surface area contributed by atoms with Crippen molar-refractivity contribution in [2.24, 2.45) is 34.5 Å². The van der Waals surface area contributed by atoms with Gasteiger partial charge < -0.3 is 0 Å². The Bertz CT molecular complexity index is 1230. The second-order valence-corrected chi connectivity index (χ2v) is 14.4. The highest BCUT2D eigenvalue weighted by Gasteiger charge is 2.91. The minimum atomic E-state index is -3.78. The Kier molecular flexibility index (Phi) is 3.32. The lowest BCUT2D eigenvalue weighted by molar-refractivity contribution is 0.209. The number of sulfone groups is 2. The summed E-state index contributed by atoms with van der Waals surface area (Å²) in [7, 11) is -7.57. The molecule has 0 aromatic heterocycles. The fourth-order valence-electron chi connectivity index (χ4n) is 8.68. The van der Waals surface area contributed by atoms with Gasteiger partial charge in [0.1, 0.15) is 0 Å². The number of allylic oxidation sites excluding steroid dienone is 2. The van der Waals surface area contributed by atoms with Crippen LogP contribution < -0.4 is 0 Å². The third kappa shape index (κ3) is 1.91. The van der Waals surface area contributed by atoms with Crippen molar-refractivity contribution in [3.05, 3.63) is 72.8 Å². The lowest BCUT2D eigenvalue weighted by Crippen LogP contribution is -2.50. The van der Waals surface area contributed by atoms with Gasteiger partial charge in [0.05, 0.1) is 20.3 Å². The summed E-state index contributed by atoms with van der Waals surface area (Å²) in [6.07, 6.45) is 7.39. The van der Waals surface area contributed by atoms with Crippen molar-refractivity contribution in [1.29, 1.82) is 0 Å². The van der Waals surface area contributed by atoms with Gasteiger partial charge in [0.15, 0.2) is 19.7 Å². The molecule has 4 nitrogen and oxygen atoms in total. The second-order valence-electron chi connectivity index (χ2n) is 10.2. The molecular weight excluding hydrogens is 428 g/mol. The van der Waals surface area contributed by atoms with E-state index in [4.69, 9.17) is 0 Å². The van der Waals surface area contributed by atoms with E-state index in [-0.39, 0.29) is 32.5 Å². The van der Waals surface area contributed by atoms with Gasteiger partial charge >= 0.3 is 0 Å². The van der Waals surface area contributed by atoms with Crippen molar-refractivity contribution in [3.8, 4) is 0 Å². The van der Waals surface area contributed by atoms with E-state index in [1.54, 1.807) is 60.7 Å². The minimum absolute atomic E-state index is 0.00626. The van der Waals surface area contributed by atoms with Gasteiger partial charge in [-0.15, -0.1) is 0 Å². The normalized spacial score (nSPS) is 43.7. The van der Waals surface area contributed by atoms with Crippen LogP contribution in [0.5, 0.6) is 0 Å². The van der Waals surface area contributed by atoms with Crippen molar-refractivity contribution in [1.82, 2.24) is 0 Å². The maximum absolute atomic E-state index is 14.0. The molecule has 0 N–H and O–H groups in total. The van der Waals surface area contributed by atoms with Crippen LogP contribution in [0.1, 0.15) is 19.3 Å². The first-order valence-electron chi connectivity index (χ1n) is 11.1. The van der Waals surface area contributed by atoms with E-state index >= 15 is 0 Å². The van der Waals surface area contributed by atoms with Gasteiger partial charge in [0.25, 0.3) is 0 Å². The predicted octanol–water partition coefficient (Wildman–Crippen LogP) is 3.90. The number of hydrogen-bond donors (Lipinski definition) is 0. The zero-order chi connectivity index (χ0) is 21.2. The van der Waals surface area contributed by atoms with E-state index in [2.05, 4.69) is 12.2 Å². The molecule has 2 aromatic carbocycles. The molecule has 6 heteroatoms. The summed E-state index contributed by atoms with van der Waals surface area (Å²) in [6, 6.07) is 17.0. The molecule has 0 heterocycles. The summed E-state index contributed by atoms with van der Waals surface area (Å²) in [6.45, 7) is 0. The monoisotopic (exact) mass is 452 g/mol. The van der Waals surface area contributed by atoms with Crippen molar-refractivity contribution in [2.75, 3.05) is 0 Å². The largest absolute Gasteiger partial charge is 0.223 e. The Morgan fingerprint density at radius 3 is 1.45 bits per heavy atom. The molecule has 0 amide bonds. The summed E-state index contributed by atoms with van der Waals surface area (Å²) >= 11 is 0. The van der Waals surface area contributed by atoms with Crippen molar-refractivity contribution >= 4 is 19.7 Å². The van der Waals surface area contributed by atoms with Gasteiger partial charge in [-0.2, -0.15) is 0 Å². The van der Waals surface area contributed by atoms with Gasteiger partial charge in [-0.25, -0.2) is 16.8 Å². The Labute approximate surface area is 183 Å². The summed E-state index contributed by atoms with van der Waals surface area (Å²) in [4.78, 5) is 0.504. The lowest BCUT2D eigenvalue weighted by Gasteiger charge is -2.40. The topological polar surface area (TPSA) is 68.3 Å². The molecule has 4 bridgehead atoms. The van der Waals surface area contributed by atoms with E-state index in [0.717, 1.165) is 19.3 Å². The molecule has 2 aromatic rings. The molecule has 5 aliphatic carbocycles. The van der Waals surface area contributed by atoms with Gasteiger partial charge in [0.2, 0.25) is 0 Å². The fraction of sp³-hybridized carbons (Fsp3) is 0.440. The van der Waals surface area contributed by atoms with Crippen LogP contribution >= 0.6 is 0 Å². The van der Waals surface area contributed by atoms with E-state index < -0.39 is 30.2 Å². The molecule has 0 radical (unpaired) electrons. The third-order valence-electron chi connectivity index (χ3n) is 9.54. The summed E-state index contributed by atoms with van der Waals surface area (Å²) < 4.78 is 55.9. The number of hydrogen-bond acceptors (Lipinski definition) is 4. The van der Waals surface area contributed by atoms with Crippen LogP contribution in [0.2, 0.25) is 0 Å². The van der Waals surface area contributed by atoms with Crippen molar-refractivity contribution in [2.45, 2.75) is 39.6 Å². The highest BCUT2D eigenvalue weighted by Crippen LogP contribution is 2.93. The zero-order valence-corrected chi connectivity index (χ0v) is 18.6. The Balaban J connectivity index is 1.44.